The summed E-state index contributed by atoms with van der Waals surface area (Å²) in [7, 11) is 6.05. The summed E-state index contributed by atoms with van der Waals surface area (Å²) in [5, 5.41) is 3.34. The number of rotatable bonds is 7. The molecule has 1 aliphatic heterocycles. The zero-order valence-electron chi connectivity index (χ0n) is 11.5. The van der Waals surface area contributed by atoms with Crippen LogP contribution in [0, 0.1) is 5.92 Å². The maximum absolute atomic E-state index is 11.9. The van der Waals surface area contributed by atoms with Crippen LogP contribution < -0.4 is 5.32 Å². The molecule has 1 atom stereocenters. The first-order valence-electron chi connectivity index (χ1n) is 6.69. The molecule has 1 unspecified atom stereocenters. The van der Waals surface area contributed by atoms with Crippen molar-refractivity contribution < 1.29 is 4.79 Å². The molecule has 0 aromatic carbocycles. The van der Waals surface area contributed by atoms with Gasteiger partial charge in [-0.05, 0) is 58.9 Å². The summed E-state index contributed by atoms with van der Waals surface area (Å²) in [6, 6.07) is 0. The van der Waals surface area contributed by atoms with E-state index in [1.54, 1.807) is 0 Å². The number of carbonyl (C=O) groups is 1. The van der Waals surface area contributed by atoms with Crippen LogP contribution in [0.1, 0.15) is 25.7 Å². The van der Waals surface area contributed by atoms with Crippen LogP contribution in [0.15, 0.2) is 0 Å². The van der Waals surface area contributed by atoms with Crippen molar-refractivity contribution in [3.8, 4) is 0 Å². The predicted octanol–water partition coefficient (Wildman–Crippen LogP) is 0.786. The Balaban J connectivity index is 2.08. The monoisotopic (exact) mass is 241 g/mol. The van der Waals surface area contributed by atoms with Crippen LogP contribution >= 0.6 is 0 Å². The highest BCUT2D eigenvalue weighted by atomic mass is 16.2. The van der Waals surface area contributed by atoms with Crippen LogP contribution in [0.5, 0.6) is 0 Å². The van der Waals surface area contributed by atoms with E-state index in [4.69, 9.17) is 0 Å². The van der Waals surface area contributed by atoms with Gasteiger partial charge in [0, 0.05) is 20.0 Å². The maximum Gasteiger partial charge on any atom is 0.222 e. The van der Waals surface area contributed by atoms with Crippen molar-refractivity contribution in [1.82, 2.24) is 15.1 Å². The third kappa shape index (κ3) is 6.03. The molecule has 0 spiro atoms. The van der Waals surface area contributed by atoms with Crippen molar-refractivity contribution in [2.45, 2.75) is 25.7 Å². The van der Waals surface area contributed by atoms with E-state index in [-0.39, 0.29) is 0 Å². The van der Waals surface area contributed by atoms with Crippen molar-refractivity contribution in [3.05, 3.63) is 0 Å². The number of hydrogen-bond acceptors (Lipinski definition) is 3. The van der Waals surface area contributed by atoms with Gasteiger partial charge in [-0.3, -0.25) is 4.79 Å². The van der Waals surface area contributed by atoms with Gasteiger partial charge in [-0.2, -0.15) is 0 Å². The Morgan fingerprint density at radius 2 is 2.06 bits per heavy atom. The van der Waals surface area contributed by atoms with E-state index in [0.717, 1.165) is 39.0 Å². The molecule has 1 N–H and O–H groups in total. The zero-order chi connectivity index (χ0) is 12.7. The van der Waals surface area contributed by atoms with Crippen LogP contribution in [0.3, 0.4) is 0 Å². The van der Waals surface area contributed by atoms with Crippen LogP contribution in [0.4, 0.5) is 0 Å². The Morgan fingerprint density at radius 3 is 2.65 bits per heavy atom. The number of hydrogen-bond donors (Lipinski definition) is 1. The predicted molar refractivity (Wildman–Crippen MR) is 71.0 cm³/mol. The minimum absolute atomic E-state index is 0.302. The molecule has 0 aliphatic carbocycles. The molecular formula is C13H27N3O. The smallest absolute Gasteiger partial charge is 0.222 e. The topological polar surface area (TPSA) is 35.6 Å². The maximum atomic E-state index is 11.9. The van der Waals surface area contributed by atoms with E-state index < -0.39 is 0 Å². The fourth-order valence-electron chi connectivity index (χ4n) is 2.23. The minimum atomic E-state index is 0.302. The van der Waals surface area contributed by atoms with Gasteiger partial charge < -0.3 is 15.1 Å². The van der Waals surface area contributed by atoms with Gasteiger partial charge in [0.25, 0.3) is 0 Å². The van der Waals surface area contributed by atoms with Gasteiger partial charge in [-0.15, -0.1) is 0 Å². The molecule has 0 aromatic rings. The molecule has 1 rings (SSSR count). The molecule has 17 heavy (non-hydrogen) atoms. The third-order valence-corrected chi connectivity index (χ3v) is 3.45. The molecule has 0 aromatic heterocycles. The number of carbonyl (C=O) groups excluding carboxylic acids is 1. The quantitative estimate of drug-likeness (QED) is 0.716. The van der Waals surface area contributed by atoms with Crippen molar-refractivity contribution in [1.29, 1.82) is 0 Å². The normalized spacial score (nSPS) is 19.9. The Morgan fingerprint density at radius 1 is 1.29 bits per heavy atom. The number of nitrogens with zero attached hydrogens (tertiary/aromatic N) is 2. The summed E-state index contributed by atoms with van der Waals surface area (Å²) < 4.78 is 0. The second-order valence-corrected chi connectivity index (χ2v) is 5.37. The van der Waals surface area contributed by atoms with Gasteiger partial charge in [0.1, 0.15) is 0 Å². The highest BCUT2D eigenvalue weighted by Gasteiger charge is 2.17. The summed E-state index contributed by atoms with van der Waals surface area (Å²) in [6.45, 7) is 4.14. The molecule has 1 amide bonds. The van der Waals surface area contributed by atoms with E-state index in [1.165, 1.54) is 6.42 Å². The Hall–Kier alpha value is -0.610. The van der Waals surface area contributed by atoms with Gasteiger partial charge in [-0.1, -0.05) is 0 Å². The molecular weight excluding hydrogens is 214 g/mol. The largest absolute Gasteiger partial charge is 0.346 e. The fourth-order valence-corrected chi connectivity index (χ4v) is 2.23. The molecule has 1 heterocycles. The highest BCUT2D eigenvalue weighted by molar-refractivity contribution is 5.75. The van der Waals surface area contributed by atoms with E-state index in [9.17, 15) is 4.79 Å². The van der Waals surface area contributed by atoms with Crippen LogP contribution in [0.25, 0.3) is 0 Å². The van der Waals surface area contributed by atoms with Gasteiger partial charge in [-0.25, -0.2) is 0 Å². The lowest BCUT2D eigenvalue weighted by atomic mass is 10.0. The van der Waals surface area contributed by atoms with Gasteiger partial charge >= 0.3 is 0 Å². The molecule has 0 saturated carbocycles. The Labute approximate surface area is 105 Å². The SMILES string of the molecule is CN(C)CCCN(C)C(=O)CCC1CCNC1. The average molecular weight is 241 g/mol. The average Bonchev–Trinajstić information content (AvgIpc) is 2.78. The van der Waals surface area contributed by atoms with Crippen molar-refractivity contribution in [2.75, 3.05) is 47.3 Å². The van der Waals surface area contributed by atoms with Gasteiger partial charge in [0.2, 0.25) is 5.91 Å². The van der Waals surface area contributed by atoms with Gasteiger partial charge in [0.15, 0.2) is 0 Å². The van der Waals surface area contributed by atoms with Crippen molar-refractivity contribution in [3.63, 3.8) is 0 Å². The first-order valence-corrected chi connectivity index (χ1v) is 6.69. The second kappa shape index (κ2) is 7.67. The van der Waals surface area contributed by atoms with Crippen LogP contribution in [-0.4, -0.2) is 63.0 Å². The lowest BCUT2D eigenvalue weighted by Crippen LogP contribution is -2.30. The number of amides is 1. The molecule has 4 nitrogen and oxygen atoms in total. The minimum Gasteiger partial charge on any atom is -0.346 e. The summed E-state index contributed by atoms with van der Waals surface area (Å²) in [6.07, 6.45) is 4.05. The summed E-state index contributed by atoms with van der Waals surface area (Å²) in [5.74, 6) is 1.02. The lowest BCUT2D eigenvalue weighted by molar-refractivity contribution is -0.130. The molecule has 1 saturated heterocycles. The fraction of sp³-hybridized carbons (Fsp3) is 0.923. The van der Waals surface area contributed by atoms with E-state index in [0.29, 0.717) is 18.2 Å². The highest BCUT2D eigenvalue weighted by Crippen LogP contribution is 2.14. The number of nitrogens with one attached hydrogen (secondary N) is 1. The summed E-state index contributed by atoms with van der Waals surface area (Å²) >= 11 is 0. The van der Waals surface area contributed by atoms with Crippen molar-refractivity contribution in [2.24, 2.45) is 5.92 Å². The van der Waals surface area contributed by atoms with Gasteiger partial charge in [0.05, 0.1) is 0 Å². The standard InChI is InChI=1S/C13H27N3O/c1-15(2)9-4-10-16(3)13(17)6-5-12-7-8-14-11-12/h12,14H,4-11H2,1-3H3. The lowest BCUT2D eigenvalue weighted by Gasteiger charge is -2.19. The molecule has 100 valence electrons. The van der Waals surface area contributed by atoms with E-state index >= 15 is 0 Å². The molecule has 4 heteroatoms. The molecule has 0 bridgehead atoms. The van der Waals surface area contributed by atoms with Crippen LogP contribution in [-0.2, 0) is 4.79 Å². The second-order valence-electron chi connectivity index (χ2n) is 5.37. The molecule has 1 fully saturated rings. The van der Waals surface area contributed by atoms with Crippen LogP contribution in [0.2, 0.25) is 0 Å². The zero-order valence-corrected chi connectivity index (χ0v) is 11.5. The first kappa shape index (κ1) is 14.5. The third-order valence-electron chi connectivity index (χ3n) is 3.45. The first-order chi connectivity index (χ1) is 8.09. The Kier molecular flexibility index (Phi) is 6.52. The Bertz CT molecular complexity index is 225. The van der Waals surface area contributed by atoms with Crippen molar-refractivity contribution >= 4 is 5.91 Å². The van der Waals surface area contributed by atoms with E-state index in [1.807, 2.05) is 11.9 Å². The summed E-state index contributed by atoms with van der Waals surface area (Å²) in [5.41, 5.74) is 0. The van der Waals surface area contributed by atoms with E-state index in [2.05, 4.69) is 24.3 Å². The molecule has 0 radical (unpaired) electrons. The summed E-state index contributed by atoms with van der Waals surface area (Å²) in [4.78, 5) is 15.9. The molecule has 1 aliphatic rings.